The fourth-order valence-electron chi connectivity index (χ4n) is 2.06. The van der Waals surface area contributed by atoms with Crippen molar-refractivity contribution in [1.29, 1.82) is 0 Å². The fraction of sp³-hybridized carbons (Fsp3) is 0.571. The molecule has 1 aliphatic heterocycles. The maximum absolute atomic E-state index is 5.81. The minimum Gasteiger partial charge on any atom is -0.490 e. The first-order valence-corrected chi connectivity index (χ1v) is 7.19. The summed E-state index contributed by atoms with van der Waals surface area (Å²) in [5.41, 5.74) is 0. The van der Waals surface area contributed by atoms with E-state index in [1.54, 1.807) is 0 Å². The number of rotatable bonds is 4. The van der Waals surface area contributed by atoms with Gasteiger partial charge < -0.3 is 9.47 Å². The molecule has 0 amide bonds. The van der Waals surface area contributed by atoms with Gasteiger partial charge in [-0.25, -0.2) is 0 Å². The predicted molar refractivity (Wildman–Crippen MR) is 76.1 cm³/mol. The van der Waals surface area contributed by atoms with Crippen molar-refractivity contribution in [1.82, 2.24) is 4.90 Å². The largest absolute Gasteiger partial charge is 0.490 e. The number of morpholine rings is 1. The molecule has 0 saturated carbocycles. The second-order valence-corrected chi connectivity index (χ2v) is 5.68. The third kappa shape index (κ3) is 3.70. The number of hydrogen-bond acceptors (Lipinski definition) is 3. The molecule has 3 nitrogen and oxygen atoms in total. The summed E-state index contributed by atoms with van der Waals surface area (Å²) in [7, 11) is 0. The Morgan fingerprint density at radius 1 is 1.44 bits per heavy atom. The molecule has 18 heavy (non-hydrogen) atoms. The zero-order chi connectivity index (χ0) is 13.0. The van der Waals surface area contributed by atoms with Crippen LogP contribution < -0.4 is 4.74 Å². The number of para-hydroxylation sites is 1. The summed E-state index contributed by atoms with van der Waals surface area (Å²) in [6.07, 6.45) is 0.160. The van der Waals surface area contributed by atoms with Crippen LogP contribution in [0.3, 0.4) is 0 Å². The highest BCUT2D eigenvalue weighted by Crippen LogP contribution is 2.24. The van der Waals surface area contributed by atoms with E-state index in [1.165, 1.54) is 0 Å². The average molecular weight is 314 g/mol. The van der Waals surface area contributed by atoms with Gasteiger partial charge in [-0.2, -0.15) is 0 Å². The maximum atomic E-state index is 5.81. The Hall–Kier alpha value is -0.580. The Kier molecular flexibility index (Phi) is 5.03. The third-order valence-electron chi connectivity index (χ3n) is 3.16. The Bertz CT molecular complexity index is 384. The van der Waals surface area contributed by atoms with Crippen LogP contribution in [0.2, 0.25) is 0 Å². The summed E-state index contributed by atoms with van der Waals surface area (Å²) in [5, 5.41) is 0. The van der Waals surface area contributed by atoms with Crippen molar-refractivity contribution < 1.29 is 9.47 Å². The first-order chi connectivity index (χ1) is 8.66. The first-order valence-electron chi connectivity index (χ1n) is 6.40. The number of halogens is 1. The summed E-state index contributed by atoms with van der Waals surface area (Å²) < 4.78 is 12.5. The van der Waals surface area contributed by atoms with E-state index < -0.39 is 0 Å². The molecule has 1 unspecified atom stereocenters. The molecule has 1 aliphatic rings. The van der Waals surface area contributed by atoms with Crippen LogP contribution in [-0.2, 0) is 4.74 Å². The quantitative estimate of drug-likeness (QED) is 0.853. The SMILES string of the molecule is CC(C)N1CCOC(COc2ccccc2Br)C1. The van der Waals surface area contributed by atoms with Crippen molar-refractivity contribution in [2.75, 3.05) is 26.3 Å². The molecule has 0 spiro atoms. The molecule has 1 atom stereocenters. The van der Waals surface area contributed by atoms with Gasteiger partial charge in [-0.1, -0.05) is 12.1 Å². The molecule has 0 radical (unpaired) electrons. The predicted octanol–water partition coefficient (Wildman–Crippen LogP) is 2.94. The highest BCUT2D eigenvalue weighted by molar-refractivity contribution is 9.10. The summed E-state index contributed by atoms with van der Waals surface area (Å²) in [6.45, 7) is 7.80. The van der Waals surface area contributed by atoms with E-state index >= 15 is 0 Å². The molecule has 1 saturated heterocycles. The first kappa shape index (κ1) is 13.8. The molecule has 1 aromatic carbocycles. The Labute approximate surface area is 117 Å². The van der Waals surface area contributed by atoms with Crippen molar-refractivity contribution in [3.05, 3.63) is 28.7 Å². The molecule has 1 aromatic rings. The normalized spacial score (nSPS) is 21.2. The van der Waals surface area contributed by atoms with Gasteiger partial charge in [0, 0.05) is 19.1 Å². The van der Waals surface area contributed by atoms with Gasteiger partial charge in [0.25, 0.3) is 0 Å². The van der Waals surface area contributed by atoms with Crippen molar-refractivity contribution >= 4 is 15.9 Å². The highest BCUT2D eigenvalue weighted by Gasteiger charge is 2.22. The molecule has 1 fully saturated rings. The minimum absolute atomic E-state index is 0.160. The van der Waals surface area contributed by atoms with Crippen molar-refractivity contribution in [2.45, 2.75) is 26.0 Å². The summed E-state index contributed by atoms with van der Waals surface area (Å²) in [4.78, 5) is 2.43. The van der Waals surface area contributed by atoms with Crippen LogP contribution in [0.4, 0.5) is 0 Å². The molecular weight excluding hydrogens is 294 g/mol. The second-order valence-electron chi connectivity index (χ2n) is 4.82. The van der Waals surface area contributed by atoms with Gasteiger partial charge >= 0.3 is 0 Å². The molecule has 2 rings (SSSR count). The van der Waals surface area contributed by atoms with Crippen LogP contribution in [0.5, 0.6) is 5.75 Å². The second kappa shape index (κ2) is 6.55. The number of benzene rings is 1. The minimum atomic E-state index is 0.160. The lowest BCUT2D eigenvalue weighted by atomic mass is 10.2. The Morgan fingerprint density at radius 3 is 2.94 bits per heavy atom. The molecule has 0 N–H and O–H groups in total. The lowest BCUT2D eigenvalue weighted by Crippen LogP contribution is -2.47. The zero-order valence-electron chi connectivity index (χ0n) is 10.9. The van der Waals surface area contributed by atoms with Gasteiger partial charge in [0.05, 0.1) is 11.1 Å². The van der Waals surface area contributed by atoms with E-state index in [9.17, 15) is 0 Å². The van der Waals surface area contributed by atoms with Crippen LogP contribution in [0, 0.1) is 0 Å². The topological polar surface area (TPSA) is 21.7 Å². The number of ether oxygens (including phenoxy) is 2. The zero-order valence-corrected chi connectivity index (χ0v) is 12.5. The third-order valence-corrected chi connectivity index (χ3v) is 3.82. The lowest BCUT2D eigenvalue weighted by Gasteiger charge is -2.35. The van der Waals surface area contributed by atoms with E-state index in [1.807, 2.05) is 24.3 Å². The smallest absolute Gasteiger partial charge is 0.133 e. The molecule has 0 aromatic heterocycles. The van der Waals surface area contributed by atoms with E-state index in [4.69, 9.17) is 9.47 Å². The summed E-state index contributed by atoms with van der Waals surface area (Å²) >= 11 is 3.48. The maximum Gasteiger partial charge on any atom is 0.133 e. The van der Waals surface area contributed by atoms with Crippen molar-refractivity contribution in [2.24, 2.45) is 0 Å². The van der Waals surface area contributed by atoms with Gasteiger partial charge in [0.2, 0.25) is 0 Å². The highest BCUT2D eigenvalue weighted by atomic mass is 79.9. The van der Waals surface area contributed by atoms with Crippen LogP contribution in [0.1, 0.15) is 13.8 Å². The van der Waals surface area contributed by atoms with E-state index in [0.29, 0.717) is 12.6 Å². The average Bonchev–Trinajstić information content (AvgIpc) is 2.38. The summed E-state index contributed by atoms with van der Waals surface area (Å²) in [6, 6.07) is 8.47. The van der Waals surface area contributed by atoms with Crippen LogP contribution >= 0.6 is 15.9 Å². The van der Waals surface area contributed by atoms with Crippen LogP contribution in [-0.4, -0.2) is 43.3 Å². The number of hydrogen-bond donors (Lipinski definition) is 0. The van der Waals surface area contributed by atoms with Gasteiger partial charge in [-0.05, 0) is 41.9 Å². The van der Waals surface area contributed by atoms with E-state index in [2.05, 4.69) is 34.7 Å². The van der Waals surface area contributed by atoms with Gasteiger partial charge in [-0.3, -0.25) is 4.90 Å². The Balaban J connectivity index is 1.85. The standard InChI is InChI=1S/C14H20BrNO2/c1-11(2)16-7-8-17-12(9-16)10-18-14-6-4-3-5-13(14)15/h3-6,11-12H,7-10H2,1-2H3. The monoisotopic (exact) mass is 313 g/mol. The van der Waals surface area contributed by atoms with Gasteiger partial charge in [0.15, 0.2) is 0 Å². The van der Waals surface area contributed by atoms with Crippen LogP contribution in [0.25, 0.3) is 0 Å². The van der Waals surface area contributed by atoms with Gasteiger partial charge in [0.1, 0.15) is 18.5 Å². The lowest BCUT2D eigenvalue weighted by molar-refractivity contribution is -0.0565. The molecule has 100 valence electrons. The molecule has 1 heterocycles. The van der Waals surface area contributed by atoms with Crippen LogP contribution in [0.15, 0.2) is 28.7 Å². The molecule has 0 aliphatic carbocycles. The molecule has 4 heteroatoms. The van der Waals surface area contributed by atoms with E-state index in [-0.39, 0.29) is 6.10 Å². The van der Waals surface area contributed by atoms with Crippen molar-refractivity contribution in [3.8, 4) is 5.75 Å². The van der Waals surface area contributed by atoms with E-state index in [0.717, 1.165) is 29.9 Å². The molecule has 0 bridgehead atoms. The van der Waals surface area contributed by atoms with Gasteiger partial charge in [-0.15, -0.1) is 0 Å². The summed E-state index contributed by atoms with van der Waals surface area (Å²) in [5.74, 6) is 0.878. The fourth-order valence-corrected chi connectivity index (χ4v) is 2.46. The molecular formula is C14H20BrNO2. The number of nitrogens with zero attached hydrogens (tertiary/aromatic N) is 1. The Morgan fingerprint density at radius 2 is 2.22 bits per heavy atom. The van der Waals surface area contributed by atoms with Crippen molar-refractivity contribution in [3.63, 3.8) is 0 Å².